The minimum absolute atomic E-state index is 0.558. The molecule has 2 heterocycles. The van der Waals surface area contributed by atoms with Crippen LogP contribution in [0.15, 0.2) is 170 Å². The van der Waals surface area contributed by atoms with E-state index >= 15 is 0 Å². The van der Waals surface area contributed by atoms with Crippen LogP contribution in [0.5, 0.6) is 0 Å². The standard InChI is InChI=1S/C53H40N2/c1-33-19-23-49-43(27-33)44-28-34(2)20-24-50(44)54(49)39-13-9-11-37(31-39)53(47-17-7-5-15-41(47)42-16-6-8-18-48(42)53)38-12-10-14-40(32-38)55-51-25-21-35(3)29-45(51)46-30-36(4)22-26-52(46)55/h5-32H,1-4H3. The minimum Gasteiger partial charge on any atom is -0.309 e. The molecular weight excluding hydrogens is 665 g/mol. The summed E-state index contributed by atoms with van der Waals surface area (Å²) in [5, 5.41) is 5.17. The largest absolute Gasteiger partial charge is 0.309 e. The number of aromatic nitrogens is 2. The summed E-state index contributed by atoms with van der Waals surface area (Å²) in [6.07, 6.45) is 0. The first kappa shape index (κ1) is 31.8. The summed E-state index contributed by atoms with van der Waals surface area (Å²) in [6, 6.07) is 64.3. The van der Waals surface area contributed by atoms with Crippen molar-refractivity contribution in [3.05, 3.63) is 214 Å². The highest BCUT2D eigenvalue weighted by molar-refractivity contribution is 6.11. The molecule has 2 heteroatoms. The summed E-state index contributed by atoms with van der Waals surface area (Å²) < 4.78 is 4.93. The third-order valence-electron chi connectivity index (χ3n) is 12.2. The van der Waals surface area contributed by atoms with Crippen LogP contribution in [0, 0.1) is 27.7 Å². The van der Waals surface area contributed by atoms with Gasteiger partial charge in [0.1, 0.15) is 0 Å². The van der Waals surface area contributed by atoms with Crippen molar-refractivity contribution in [1.29, 1.82) is 0 Å². The van der Waals surface area contributed by atoms with Gasteiger partial charge in [-0.25, -0.2) is 0 Å². The van der Waals surface area contributed by atoms with Crippen molar-refractivity contribution in [2.24, 2.45) is 0 Å². The van der Waals surface area contributed by atoms with Gasteiger partial charge in [0.05, 0.1) is 27.5 Å². The van der Waals surface area contributed by atoms with Crippen molar-refractivity contribution in [3.63, 3.8) is 0 Å². The Balaban J connectivity index is 1.22. The van der Waals surface area contributed by atoms with E-state index in [9.17, 15) is 0 Å². The predicted octanol–water partition coefficient (Wildman–Crippen LogP) is 13.5. The molecule has 0 radical (unpaired) electrons. The molecule has 0 amide bonds. The van der Waals surface area contributed by atoms with Gasteiger partial charge in [-0.2, -0.15) is 0 Å². The number of hydrogen-bond acceptors (Lipinski definition) is 0. The van der Waals surface area contributed by atoms with Crippen molar-refractivity contribution in [1.82, 2.24) is 9.13 Å². The number of rotatable bonds is 4. The van der Waals surface area contributed by atoms with Crippen LogP contribution < -0.4 is 0 Å². The van der Waals surface area contributed by atoms with E-state index in [2.05, 4.69) is 207 Å². The van der Waals surface area contributed by atoms with Crippen LogP contribution in [-0.4, -0.2) is 9.13 Å². The first-order valence-corrected chi connectivity index (χ1v) is 19.3. The van der Waals surface area contributed by atoms with Crippen molar-refractivity contribution in [3.8, 4) is 22.5 Å². The summed E-state index contributed by atoms with van der Waals surface area (Å²) in [5.74, 6) is 0. The predicted molar refractivity (Wildman–Crippen MR) is 231 cm³/mol. The molecule has 0 N–H and O–H groups in total. The minimum atomic E-state index is -0.558. The third-order valence-corrected chi connectivity index (χ3v) is 12.2. The first-order valence-electron chi connectivity index (χ1n) is 19.3. The van der Waals surface area contributed by atoms with Gasteiger partial charge in [0.15, 0.2) is 0 Å². The van der Waals surface area contributed by atoms with E-state index < -0.39 is 5.41 Å². The maximum Gasteiger partial charge on any atom is 0.0715 e. The van der Waals surface area contributed by atoms with Crippen LogP contribution in [0.4, 0.5) is 0 Å². The molecule has 2 aromatic heterocycles. The van der Waals surface area contributed by atoms with E-state index in [0.717, 1.165) is 11.4 Å². The molecule has 2 nitrogen and oxygen atoms in total. The molecule has 0 spiro atoms. The van der Waals surface area contributed by atoms with Gasteiger partial charge in [0.2, 0.25) is 0 Å². The van der Waals surface area contributed by atoms with Crippen molar-refractivity contribution < 1.29 is 0 Å². The fourth-order valence-electron chi connectivity index (χ4n) is 9.84. The average molecular weight is 705 g/mol. The second-order valence-corrected chi connectivity index (χ2v) is 15.7. The summed E-state index contributed by atoms with van der Waals surface area (Å²) in [5.41, 5.74) is 19.5. The lowest BCUT2D eigenvalue weighted by Crippen LogP contribution is -2.29. The zero-order chi connectivity index (χ0) is 37.0. The van der Waals surface area contributed by atoms with Crippen LogP contribution in [0.1, 0.15) is 44.5 Å². The molecule has 0 saturated carbocycles. The van der Waals surface area contributed by atoms with Crippen molar-refractivity contribution >= 4 is 43.6 Å². The van der Waals surface area contributed by atoms with Crippen molar-refractivity contribution in [2.75, 3.05) is 0 Å². The summed E-state index contributed by atoms with van der Waals surface area (Å²) in [4.78, 5) is 0. The van der Waals surface area contributed by atoms with Crippen LogP contribution in [0.25, 0.3) is 66.1 Å². The molecule has 10 aromatic rings. The molecule has 0 aliphatic heterocycles. The molecule has 0 unspecified atom stereocenters. The Hall–Kier alpha value is -6.64. The lowest BCUT2D eigenvalue weighted by Gasteiger charge is -2.34. The molecule has 8 aromatic carbocycles. The lowest BCUT2D eigenvalue weighted by molar-refractivity contribution is 0.766. The summed E-state index contributed by atoms with van der Waals surface area (Å²) in [6.45, 7) is 8.75. The van der Waals surface area contributed by atoms with E-state index in [4.69, 9.17) is 0 Å². The lowest BCUT2D eigenvalue weighted by atomic mass is 9.67. The number of hydrogen-bond donors (Lipinski definition) is 0. The number of nitrogens with zero attached hydrogens (tertiary/aromatic N) is 2. The molecule has 1 aliphatic rings. The van der Waals surface area contributed by atoms with Gasteiger partial charge >= 0.3 is 0 Å². The molecular formula is C53H40N2. The topological polar surface area (TPSA) is 9.86 Å². The van der Waals surface area contributed by atoms with Crippen LogP contribution in [0.3, 0.4) is 0 Å². The summed E-state index contributed by atoms with van der Waals surface area (Å²) in [7, 11) is 0. The Morgan fingerprint density at radius 3 is 1.04 bits per heavy atom. The zero-order valence-electron chi connectivity index (χ0n) is 31.6. The van der Waals surface area contributed by atoms with Gasteiger partial charge in [-0.3, -0.25) is 0 Å². The second kappa shape index (κ2) is 11.7. The Kier molecular flexibility index (Phi) is 6.76. The molecule has 262 valence electrons. The number of benzene rings is 8. The van der Waals surface area contributed by atoms with Crippen molar-refractivity contribution in [2.45, 2.75) is 33.1 Å². The van der Waals surface area contributed by atoms with E-state index in [-0.39, 0.29) is 0 Å². The molecule has 0 saturated heterocycles. The van der Waals surface area contributed by atoms with E-state index in [1.807, 2.05) is 0 Å². The highest BCUT2D eigenvalue weighted by Gasteiger charge is 2.46. The van der Waals surface area contributed by atoms with Gasteiger partial charge in [0.25, 0.3) is 0 Å². The van der Waals surface area contributed by atoms with Gasteiger partial charge in [-0.1, -0.05) is 119 Å². The Morgan fingerprint density at radius 1 is 0.327 bits per heavy atom. The van der Waals surface area contributed by atoms with E-state index in [1.165, 1.54) is 99.2 Å². The van der Waals surface area contributed by atoms with Gasteiger partial charge in [0, 0.05) is 32.9 Å². The smallest absolute Gasteiger partial charge is 0.0715 e. The Morgan fingerprint density at radius 2 is 0.673 bits per heavy atom. The quantitative estimate of drug-likeness (QED) is 0.173. The number of aryl methyl sites for hydroxylation is 4. The molecule has 55 heavy (non-hydrogen) atoms. The molecule has 0 fully saturated rings. The molecule has 0 atom stereocenters. The first-order chi connectivity index (χ1) is 26.9. The van der Waals surface area contributed by atoms with E-state index in [0.29, 0.717) is 0 Å². The van der Waals surface area contributed by atoms with Crippen LogP contribution >= 0.6 is 0 Å². The Labute approximate surface area is 321 Å². The fourth-order valence-corrected chi connectivity index (χ4v) is 9.84. The number of fused-ring (bicyclic) bond motifs is 9. The fraction of sp³-hybridized carbons (Fsp3) is 0.0943. The molecule has 1 aliphatic carbocycles. The highest BCUT2D eigenvalue weighted by atomic mass is 15.0. The average Bonchev–Trinajstić information content (AvgIpc) is 3.81. The Bertz CT molecular complexity index is 2870. The van der Waals surface area contributed by atoms with Gasteiger partial charge in [-0.05, 0) is 134 Å². The molecule has 0 bridgehead atoms. The van der Waals surface area contributed by atoms with Gasteiger partial charge < -0.3 is 9.13 Å². The van der Waals surface area contributed by atoms with Crippen LogP contribution in [0.2, 0.25) is 0 Å². The maximum absolute atomic E-state index is 2.46. The monoisotopic (exact) mass is 704 g/mol. The SMILES string of the molecule is Cc1ccc2c(c1)c1cc(C)ccc1n2-c1cccc(C2(c3cccc(-n4c5ccc(C)cc5c5cc(C)ccc54)c3)c3ccccc3-c3ccccc32)c1. The van der Waals surface area contributed by atoms with E-state index in [1.54, 1.807) is 0 Å². The second-order valence-electron chi connectivity index (χ2n) is 15.7. The van der Waals surface area contributed by atoms with Crippen LogP contribution in [-0.2, 0) is 5.41 Å². The third kappa shape index (κ3) is 4.49. The maximum atomic E-state index is 2.46. The van der Waals surface area contributed by atoms with Gasteiger partial charge in [-0.15, -0.1) is 0 Å². The normalized spacial score (nSPS) is 13.2. The summed E-state index contributed by atoms with van der Waals surface area (Å²) >= 11 is 0. The molecule has 11 rings (SSSR count). The zero-order valence-corrected chi connectivity index (χ0v) is 31.6. The highest BCUT2D eigenvalue weighted by Crippen LogP contribution is 2.56.